The fourth-order valence-corrected chi connectivity index (χ4v) is 2.97. The van der Waals surface area contributed by atoms with Crippen LogP contribution in [0, 0.1) is 0 Å². The molecule has 19 heavy (non-hydrogen) atoms. The van der Waals surface area contributed by atoms with E-state index in [0.717, 1.165) is 24.3 Å². The zero-order valence-electron chi connectivity index (χ0n) is 12.7. The van der Waals surface area contributed by atoms with E-state index in [1.54, 1.807) is 7.11 Å². The zero-order chi connectivity index (χ0) is 14.1. The van der Waals surface area contributed by atoms with Crippen LogP contribution < -0.4 is 9.57 Å². The topological polar surface area (TPSA) is 21.7 Å². The maximum atomic E-state index is 6.16. The Morgan fingerprint density at radius 1 is 0.895 bits per heavy atom. The molecule has 2 rings (SSSR count). The lowest BCUT2D eigenvalue weighted by Crippen LogP contribution is -2.59. The van der Waals surface area contributed by atoms with E-state index in [1.165, 1.54) is 6.42 Å². The first-order chi connectivity index (χ1) is 8.85. The minimum atomic E-state index is 0.0572. The number of rotatable bonds is 3. The van der Waals surface area contributed by atoms with Gasteiger partial charge in [-0.25, -0.2) is 0 Å². The third kappa shape index (κ3) is 3.03. The van der Waals surface area contributed by atoms with E-state index < -0.39 is 0 Å². The first-order valence-electron chi connectivity index (χ1n) is 6.97. The van der Waals surface area contributed by atoms with Crippen LogP contribution in [0.3, 0.4) is 0 Å². The van der Waals surface area contributed by atoms with Crippen molar-refractivity contribution in [1.29, 1.82) is 0 Å². The van der Waals surface area contributed by atoms with E-state index in [4.69, 9.17) is 9.57 Å². The van der Waals surface area contributed by atoms with E-state index >= 15 is 0 Å². The molecular weight excluding hydrogens is 238 g/mol. The molecule has 0 saturated carbocycles. The van der Waals surface area contributed by atoms with Crippen molar-refractivity contribution in [3.05, 3.63) is 24.3 Å². The summed E-state index contributed by atoms with van der Waals surface area (Å²) in [6, 6.07) is 7.78. The summed E-state index contributed by atoms with van der Waals surface area (Å²) in [5.41, 5.74) is 0.114. The van der Waals surface area contributed by atoms with Crippen LogP contribution in [0.2, 0.25) is 0 Å². The molecule has 1 aliphatic rings. The second-order valence-corrected chi connectivity index (χ2v) is 6.54. The molecule has 0 atom stereocenters. The van der Waals surface area contributed by atoms with Crippen molar-refractivity contribution in [2.75, 3.05) is 7.11 Å². The summed E-state index contributed by atoms with van der Waals surface area (Å²) in [5, 5.41) is 2.16. The molecule has 1 fully saturated rings. The van der Waals surface area contributed by atoms with E-state index in [1.807, 2.05) is 24.3 Å². The summed E-state index contributed by atoms with van der Waals surface area (Å²) >= 11 is 0. The highest BCUT2D eigenvalue weighted by molar-refractivity contribution is 5.31. The SMILES string of the molecule is COc1ccc(ON2C(C)(C)CCCC2(C)C)cc1. The van der Waals surface area contributed by atoms with Crippen molar-refractivity contribution in [1.82, 2.24) is 5.06 Å². The molecule has 106 valence electrons. The lowest BCUT2D eigenvalue weighted by molar-refractivity contribution is -0.216. The highest BCUT2D eigenvalue weighted by Crippen LogP contribution is 2.38. The molecule has 3 nitrogen and oxygen atoms in total. The molecule has 0 unspecified atom stereocenters. The molecule has 0 N–H and O–H groups in total. The van der Waals surface area contributed by atoms with Gasteiger partial charge in [0.2, 0.25) is 0 Å². The molecule has 1 aromatic carbocycles. The molecule has 0 radical (unpaired) electrons. The Bertz CT molecular complexity index is 407. The molecule has 1 heterocycles. The van der Waals surface area contributed by atoms with Crippen LogP contribution in [0.1, 0.15) is 47.0 Å². The van der Waals surface area contributed by atoms with Crippen LogP contribution in [0.15, 0.2) is 24.3 Å². The highest BCUT2D eigenvalue weighted by atomic mass is 16.7. The van der Waals surface area contributed by atoms with Crippen LogP contribution >= 0.6 is 0 Å². The van der Waals surface area contributed by atoms with Crippen molar-refractivity contribution in [3.8, 4) is 11.5 Å². The predicted octanol–water partition coefficient (Wildman–Crippen LogP) is 4.03. The average molecular weight is 263 g/mol. The van der Waals surface area contributed by atoms with Crippen LogP contribution in [0.5, 0.6) is 11.5 Å². The summed E-state index contributed by atoms with van der Waals surface area (Å²) in [6.07, 6.45) is 3.57. The van der Waals surface area contributed by atoms with Crippen LogP contribution in [0.4, 0.5) is 0 Å². The molecule has 1 saturated heterocycles. The van der Waals surface area contributed by atoms with Crippen molar-refractivity contribution < 1.29 is 9.57 Å². The predicted molar refractivity (Wildman–Crippen MR) is 77.5 cm³/mol. The summed E-state index contributed by atoms with van der Waals surface area (Å²) in [4.78, 5) is 6.16. The third-order valence-corrected chi connectivity index (χ3v) is 3.93. The number of benzene rings is 1. The van der Waals surface area contributed by atoms with E-state index in [9.17, 15) is 0 Å². The first-order valence-corrected chi connectivity index (χ1v) is 6.97. The Morgan fingerprint density at radius 2 is 1.37 bits per heavy atom. The van der Waals surface area contributed by atoms with Gasteiger partial charge in [-0.3, -0.25) is 0 Å². The Hall–Kier alpha value is -1.22. The monoisotopic (exact) mass is 263 g/mol. The maximum Gasteiger partial charge on any atom is 0.147 e. The summed E-state index contributed by atoms with van der Waals surface area (Å²) in [5.74, 6) is 1.72. The van der Waals surface area contributed by atoms with Crippen LogP contribution in [0.25, 0.3) is 0 Å². The smallest absolute Gasteiger partial charge is 0.147 e. The van der Waals surface area contributed by atoms with Crippen molar-refractivity contribution in [3.63, 3.8) is 0 Å². The number of hydrogen-bond donors (Lipinski definition) is 0. The Balaban J connectivity index is 2.18. The van der Waals surface area contributed by atoms with Gasteiger partial charge in [0.05, 0.1) is 18.2 Å². The average Bonchev–Trinajstić information content (AvgIpc) is 2.34. The minimum absolute atomic E-state index is 0.0572. The van der Waals surface area contributed by atoms with Crippen molar-refractivity contribution >= 4 is 0 Å². The van der Waals surface area contributed by atoms with Gasteiger partial charge in [0.25, 0.3) is 0 Å². The van der Waals surface area contributed by atoms with E-state index in [-0.39, 0.29) is 11.1 Å². The standard InChI is InChI=1S/C16H25NO2/c1-15(2)11-6-12-16(3,4)17(15)19-14-9-7-13(18-5)8-10-14/h7-10H,6,11-12H2,1-5H3. The Morgan fingerprint density at radius 3 is 1.84 bits per heavy atom. The molecule has 0 amide bonds. The quantitative estimate of drug-likeness (QED) is 0.821. The Kier molecular flexibility index (Phi) is 3.77. The fourth-order valence-electron chi connectivity index (χ4n) is 2.97. The van der Waals surface area contributed by atoms with Crippen LogP contribution in [-0.2, 0) is 0 Å². The molecule has 0 bridgehead atoms. The molecule has 1 aliphatic heterocycles. The third-order valence-electron chi connectivity index (χ3n) is 3.93. The first kappa shape index (κ1) is 14.2. The van der Waals surface area contributed by atoms with Gasteiger partial charge in [0.15, 0.2) is 0 Å². The molecule has 0 spiro atoms. The summed E-state index contributed by atoms with van der Waals surface area (Å²) in [7, 11) is 1.67. The largest absolute Gasteiger partial charge is 0.497 e. The van der Waals surface area contributed by atoms with Gasteiger partial charge in [-0.05, 0) is 71.2 Å². The van der Waals surface area contributed by atoms with Gasteiger partial charge in [0, 0.05) is 0 Å². The molecular formula is C16H25NO2. The minimum Gasteiger partial charge on any atom is -0.497 e. The normalized spacial score (nSPS) is 21.9. The number of ether oxygens (including phenoxy) is 1. The summed E-state index contributed by atoms with van der Waals surface area (Å²) in [6.45, 7) is 8.99. The van der Waals surface area contributed by atoms with E-state index in [2.05, 4.69) is 32.8 Å². The van der Waals surface area contributed by atoms with Gasteiger partial charge in [0.1, 0.15) is 11.5 Å². The van der Waals surface area contributed by atoms with Gasteiger partial charge in [-0.15, -0.1) is 5.06 Å². The van der Waals surface area contributed by atoms with Crippen molar-refractivity contribution in [2.45, 2.75) is 58.0 Å². The van der Waals surface area contributed by atoms with Crippen molar-refractivity contribution in [2.24, 2.45) is 0 Å². The fraction of sp³-hybridized carbons (Fsp3) is 0.625. The number of piperidine rings is 1. The lowest BCUT2D eigenvalue weighted by atomic mass is 9.82. The lowest BCUT2D eigenvalue weighted by Gasteiger charge is -2.50. The molecule has 0 aliphatic carbocycles. The van der Waals surface area contributed by atoms with E-state index in [0.29, 0.717) is 0 Å². The van der Waals surface area contributed by atoms with Crippen LogP contribution in [-0.4, -0.2) is 23.3 Å². The summed E-state index contributed by atoms with van der Waals surface area (Å²) < 4.78 is 5.17. The molecule has 3 heteroatoms. The Labute approximate surface area is 116 Å². The second kappa shape index (κ2) is 5.04. The van der Waals surface area contributed by atoms with Gasteiger partial charge < -0.3 is 9.57 Å². The van der Waals surface area contributed by atoms with Gasteiger partial charge in [-0.1, -0.05) is 0 Å². The highest BCUT2D eigenvalue weighted by Gasteiger charge is 2.43. The number of hydroxylamine groups is 2. The number of methoxy groups -OCH3 is 1. The second-order valence-electron chi connectivity index (χ2n) is 6.54. The van der Waals surface area contributed by atoms with Gasteiger partial charge in [-0.2, -0.15) is 0 Å². The maximum absolute atomic E-state index is 6.16. The molecule has 0 aromatic heterocycles. The van der Waals surface area contributed by atoms with Gasteiger partial charge >= 0.3 is 0 Å². The number of nitrogens with zero attached hydrogens (tertiary/aromatic N) is 1. The number of hydrogen-bond acceptors (Lipinski definition) is 3. The zero-order valence-corrected chi connectivity index (χ0v) is 12.7. The molecule has 1 aromatic rings.